The molecule has 0 radical (unpaired) electrons. The van der Waals surface area contributed by atoms with Gasteiger partial charge < -0.3 is 14.2 Å². The fraction of sp³-hybridized carbons (Fsp3) is 0.250. The normalized spacial score (nSPS) is 18.1. The van der Waals surface area contributed by atoms with E-state index in [9.17, 15) is 0 Å². The number of nitrogens with zero attached hydrogens (tertiary/aromatic N) is 3. The Morgan fingerprint density at radius 2 is 0.955 bits per heavy atom. The minimum absolute atomic E-state index is 0.276. The smallest absolute Gasteiger partial charge is 0.325 e. The number of hydrogen-bond donors (Lipinski definition) is 0. The molecule has 22 heavy (non-hydrogen) atoms. The molecular weight excluding hydrogens is 267 g/mol. The van der Waals surface area contributed by atoms with Gasteiger partial charge in [-0.25, -0.2) is 0 Å². The predicted molar refractivity (Wildman–Crippen MR) is 98.6 cm³/mol. The van der Waals surface area contributed by atoms with Crippen molar-refractivity contribution >= 4 is 31.9 Å². The van der Waals surface area contributed by atoms with Gasteiger partial charge in [-0.2, -0.15) is 0 Å². The average Bonchev–Trinajstić information content (AvgIpc) is 2.55. The van der Waals surface area contributed by atoms with Crippen LogP contribution < -0.4 is 10.9 Å². The van der Waals surface area contributed by atoms with E-state index in [-0.39, 0.29) is 14.0 Å². The Labute approximate surface area is 135 Å². The predicted octanol–water partition coefficient (Wildman–Crippen LogP) is 0.704. The fourth-order valence-corrected chi connectivity index (χ4v) is 3.60. The lowest BCUT2D eigenvalue weighted by Crippen LogP contribution is -2.79. The van der Waals surface area contributed by atoms with Crippen molar-refractivity contribution in [1.82, 2.24) is 14.2 Å². The summed E-state index contributed by atoms with van der Waals surface area (Å²) in [6.45, 7) is 3.20. The first-order valence-electron chi connectivity index (χ1n) is 7.87. The molecule has 0 aliphatic carbocycles. The van der Waals surface area contributed by atoms with Gasteiger partial charge >= 0.3 is 14.0 Å². The van der Waals surface area contributed by atoms with Crippen molar-refractivity contribution < 1.29 is 0 Å². The summed E-state index contributed by atoms with van der Waals surface area (Å²) in [5.41, 5.74) is 2.68. The molecule has 3 nitrogen and oxygen atoms in total. The van der Waals surface area contributed by atoms with Gasteiger partial charge in [0.05, 0.1) is 0 Å². The van der Waals surface area contributed by atoms with Crippen LogP contribution in [-0.4, -0.2) is 56.3 Å². The third-order valence-corrected chi connectivity index (χ3v) is 4.92. The van der Waals surface area contributed by atoms with Crippen LogP contribution in [0.5, 0.6) is 0 Å². The third-order valence-electron chi connectivity index (χ3n) is 4.92. The maximum Gasteiger partial charge on any atom is 0.325 e. The van der Waals surface area contributed by atoms with E-state index in [2.05, 4.69) is 103 Å². The zero-order chi connectivity index (χ0) is 15.7. The summed E-state index contributed by atoms with van der Waals surface area (Å²) in [5, 5.41) is 0. The third kappa shape index (κ3) is 2.63. The Kier molecular flexibility index (Phi) is 4.43. The molecule has 0 aromatic heterocycles. The first-order valence-corrected chi connectivity index (χ1v) is 7.87. The molecule has 1 fully saturated rings. The molecule has 1 heterocycles. The molecule has 2 aromatic carbocycles. The summed E-state index contributed by atoms with van der Waals surface area (Å²) >= 11 is 0. The zero-order valence-corrected chi connectivity index (χ0v) is 13.8. The minimum Gasteiger partial charge on any atom is -0.356 e. The molecular formula is C16H22B3N3. The van der Waals surface area contributed by atoms with E-state index >= 15 is 0 Å². The summed E-state index contributed by atoms with van der Waals surface area (Å²) in [6, 6.07) is 21.5. The van der Waals surface area contributed by atoms with E-state index < -0.39 is 0 Å². The Balaban J connectivity index is 2.01. The first-order chi connectivity index (χ1) is 10.6. The van der Waals surface area contributed by atoms with E-state index in [0.717, 1.165) is 0 Å². The highest BCUT2D eigenvalue weighted by Crippen LogP contribution is 2.15. The van der Waals surface area contributed by atoms with E-state index in [0.29, 0.717) is 6.98 Å². The van der Waals surface area contributed by atoms with Gasteiger partial charge in [0.25, 0.3) is 6.98 Å². The Hall–Kier alpha value is -1.49. The maximum absolute atomic E-state index is 2.45. The number of benzene rings is 2. The lowest BCUT2D eigenvalue weighted by molar-refractivity contribution is 0.555. The molecule has 0 spiro atoms. The van der Waals surface area contributed by atoms with E-state index in [1.54, 1.807) is 0 Å². The molecule has 0 unspecified atom stereocenters. The van der Waals surface area contributed by atoms with Gasteiger partial charge in [0, 0.05) is 0 Å². The van der Waals surface area contributed by atoms with Crippen molar-refractivity contribution in [3.8, 4) is 0 Å². The minimum atomic E-state index is 0.276. The number of rotatable bonds is 2. The van der Waals surface area contributed by atoms with Gasteiger partial charge in [0.1, 0.15) is 0 Å². The summed E-state index contributed by atoms with van der Waals surface area (Å²) in [7, 11) is 6.63. The Morgan fingerprint density at radius 3 is 1.32 bits per heavy atom. The van der Waals surface area contributed by atoms with Gasteiger partial charge in [-0.15, -0.1) is 0 Å². The van der Waals surface area contributed by atoms with Crippen molar-refractivity contribution in [3.05, 3.63) is 60.7 Å². The molecule has 1 aliphatic rings. The largest absolute Gasteiger partial charge is 0.356 e. The SMILES string of the molecule is CB1N(C)B(c2ccccc2)N(C)B(c2ccccc2)N1C. The van der Waals surface area contributed by atoms with E-state index in [1.165, 1.54) is 10.9 Å². The van der Waals surface area contributed by atoms with Crippen molar-refractivity contribution in [1.29, 1.82) is 0 Å². The van der Waals surface area contributed by atoms with Crippen LogP contribution in [-0.2, 0) is 0 Å². The molecule has 1 aliphatic heterocycles. The average molecular weight is 289 g/mol. The highest BCUT2D eigenvalue weighted by molar-refractivity contribution is 6.94. The lowest BCUT2D eigenvalue weighted by atomic mass is 9.41. The van der Waals surface area contributed by atoms with Gasteiger partial charge in [0.15, 0.2) is 0 Å². The van der Waals surface area contributed by atoms with Crippen LogP contribution in [0.1, 0.15) is 0 Å². The molecule has 0 bridgehead atoms. The fourth-order valence-electron chi connectivity index (χ4n) is 3.60. The van der Waals surface area contributed by atoms with Crippen LogP contribution in [0.3, 0.4) is 0 Å². The molecule has 0 atom stereocenters. The topological polar surface area (TPSA) is 9.72 Å². The van der Waals surface area contributed by atoms with Crippen molar-refractivity contribution in [2.24, 2.45) is 0 Å². The monoisotopic (exact) mass is 289 g/mol. The van der Waals surface area contributed by atoms with Crippen LogP contribution in [0.25, 0.3) is 0 Å². The standard InChI is InChI=1S/C16H22B3N3/c1-17-20(2)18(15-11-7-5-8-12-15)22(4)19(21(17)3)16-13-9-6-10-14-16/h5-14H,1-4H3. The van der Waals surface area contributed by atoms with Crippen molar-refractivity contribution in [3.63, 3.8) is 0 Å². The number of hydrogen-bond acceptors (Lipinski definition) is 3. The molecule has 2 aromatic rings. The quantitative estimate of drug-likeness (QED) is 0.754. The van der Waals surface area contributed by atoms with Crippen LogP contribution in [0.2, 0.25) is 6.82 Å². The maximum atomic E-state index is 2.45. The van der Waals surface area contributed by atoms with E-state index in [4.69, 9.17) is 0 Å². The summed E-state index contributed by atoms with van der Waals surface area (Å²) in [4.78, 5) is 0. The van der Waals surface area contributed by atoms with Crippen molar-refractivity contribution in [2.75, 3.05) is 21.1 Å². The Bertz CT molecular complexity index is 557. The van der Waals surface area contributed by atoms with Crippen molar-refractivity contribution in [2.45, 2.75) is 6.82 Å². The van der Waals surface area contributed by atoms with Crippen LogP contribution in [0, 0.1) is 0 Å². The van der Waals surface area contributed by atoms with Gasteiger partial charge in [-0.1, -0.05) is 67.5 Å². The first kappa shape index (κ1) is 15.4. The van der Waals surface area contributed by atoms with Crippen LogP contribution >= 0.6 is 0 Å². The molecule has 0 N–H and O–H groups in total. The molecule has 0 amide bonds. The van der Waals surface area contributed by atoms with Gasteiger partial charge in [0.2, 0.25) is 0 Å². The zero-order valence-electron chi connectivity index (χ0n) is 13.8. The van der Waals surface area contributed by atoms with Crippen LogP contribution in [0.4, 0.5) is 0 Å². The molecule has 3 rings (SSSR count). The van der Waals surface area contributed by atoms with Gasteiger partial charge in [-0.3, -0.25) is 0 Å². The van der Waals surface area contributed by atoms with Crippen LogP contribution in [0.15, 0.2) is 60.7 Å². The summed E-state index contributed by atoms with van der Waals surface area (Å²) < 4.78 is 7.30. The second kappa shape index (κ2) is 6.33. The summed E-state index contributed by atoms with van der Waals surface area (Å²) in [6.07, 6.45) is 0. The summed E-state index contributed by atoms with van der Waals surface area (Å²) in [5.74, 6) is 0. The molecule has 6 heteroatoms. The highest BCUT2D eigenvalue weighted by atomic mass is 15.3. The second-order valence-corrected chi connectivity index (χ2v) is 6.20. The highest BCUT2D eigenvalue weighted by Gasteiger charge is 2.47. The molecule has 0 saturated carbocycles. The molecule has 110 valence electrons. The molecule has 1 saturated heterocycles. The van der Waals surface area contributed by atoms with E-state index in [1.807, 2.05) is 0 Å². The van der Waals surface area contributed by atoms with Gasteiger partial charge in [-0.05, 0) is 32.1 Å². The second-order valence-electron chi connectivity index (χ2n) is 6.20. The lowest BCUT2D eigenvalue weighted by Gasteiger charge is -2.50. The Morgan fingerprint density at radius 1 is 0.591 bits per heavy atom.